The van der Waals surface area contributed by atoms with Crippen LogP contribution in [0.4, 0.5) is 0 Å². The highest BCUT2D eigenvalue weighted by Crippen LogP contribution is 2.27. The van der Waals surface area contributed by atoms with Crippen molar-refractivity contribution in [3.8, 4) is 0 Å². The van der Waals surface area contributed by atoms with E-state index in [1.54, 1.807) is 0 Å². The SMILES string of the molecule is CCNC(c1cccc2ncccc12)C(OCC)OCC. The number of ether oxygens (including phenoxy) is 2. The summed E-state index contributed by atoms with van der Waals surface area (Å²) in [5.41, 5.74) is 2.15. The highest BCUT2D eigenvalue weighted by Gasteiger charge is 2.25. The lowest BCUT2D eigenvalue weighted by Crippen LogP contribution is -2.36. The molecule has 0 aliphatic carbocycles. The van der Waals surface area contributed by atoms with Crippen molar-refractivity contribution in [2.24, 2.45) is 0 Å². The maximum absolute atomic E-state index is 5.80. The van der Waals surface area contributed by atoms with E-state index in [2.05, 4.69) is 29.4 Å². The second-order valence-electron chi connectivity index (χ2n) is 4.73. The molecule has 0 spiro atoms. The van der Waals surface area contributed by atoms with Gasteiger partial charge in [0.1, 0.15) is 0 Å². The molecule has 0 saturated heterocycles. The van der Waals surface area contributed by atoms with E-state index in [1.807, 2.05) is 38.2 Å². The van der Waals surface area contributed by atoms with E-state index in [-0.39, 0.29) is 12.3 Å². The molecule has 1 atom stereocenters. The molecule has 1 heterocycles. The Morgan fingerprint density at radius 2 is 1.81 bits per heavy atom. The van der Waals surface area contributed by atoms with Crippen LogP contribution in [0.25, 0.3) is 10.9 Å². The fourth-order valence-corrected chi connectivity index (χ4v) is 2.54. The van der Waals surface area contributed by atoms with Gasteiger partial charge in [0.15, 0.2) is 6.29 Å². The smallest absolute Gasteiger partial charge is 0.176 e. The van der Waals surface area contributed by atoms with E-state index in [0.29, 0.717) is 13.2 Å². The zero-order valence-electron chi connectivity index (χ0n) is 13.0. The molecule has 2 aromatic rings. The van der Waals surface area contributed by atoms with Crippen LogP contribution in [0.15, 0.2) is 36.5 Å². The van der Waals surface area contributed by atoms with Gasteiger partial charge in [0.25, 0.3) is 0 Å². The van der Waals surface area contributed by atoms with E-state index in [0.717, 1.165) is 23.0 Å². The molecule has 1 unspecified atom stereocenters. The van der Waals surface area contributed by atoms with Gasteiger partial charge < -0.3 is 14.8 Å². The van der Waals surface area contributed by atoms with E-state index >= 15 is 0 Å². The first-order chi connectivity index (χ1) is 10.3. The molecule has 114 valence electrons. The molecule has 0 bridgehead atoms. The Labute approximate surface area is 126 Å². The number of aromatic nitrogens is 1. The maximum Gasteiger partial charge on any atom is 0.176 e. The molecule has 0 amide bonds. The minimum atomic E-state index is -0.300. The summed E-state index contributed by atoms with van der Waals surface area (Å²) >= 11 is 0. The zero-order valence-corrected chi connectivity index (χ0v) is 13.0. The van der Waals surface area contributed by atoms with Crippen LogP contribution in [0.2, 0.25) is 0 Å². The quantitative estimate of drug-likeness (QED) is 0.757. The molecule has 1 N–H and O–H groups in total. The van der Waals surface area contributed by atoms with Gasteiger partial charge in [-0.15, -0.1) is 0 Å². The van der Waals surface area contributed by atoms with E-state index < -0.39 is 0 Å². The van der Waals surface area contributed by atoms with Crippen LogP contribution in [-0.2, 0) is 9.47 Å². The van der Waals surface area contributed by atoms with Crippen molar-refractivity contribution < 1.29 is 9.47 Å². The molecule has 0 fully saturated rings. The first kappa shape index (κ1) is 15.9. The van der Waals surface area contributed by atoms with E-state index in [9.17, 15) is 0 Å². The van der Waals surface area contributed by atoms with Gasteiger partial charge in [0.05, 0.1) is 11.6 Å². The minimum absolute atomic E-state index is 0.0113. The fraction of sp³-hybridized carbons (Fsp3) is 0.471. The molecule has 0 saturated carbocycles. The van der Waals surface area contributed by atoms with Crippen LogP contribution in [0.3, 0.4) is 0 Å². The molecule has 4 heteroatoms. The Bertz CT molecular complexity index is 548. The number of pyridine rings is 1. The number of nitrogens with zero attached hydrogens (tertiary/aromatic N) is 1. The first-order valence-electron chi connectivity index (χ1n) is 7.62. The number of fused-ring (bicyclic) bond motifs is 1. The highest BCUT2D eigenvalue weighted by atomic mass is 16.7. The van der Waals surface area contributed by atoms with Crippen LogP contribution in [-0.4, -0.2) is 31.0 Å². The van der Waals surface area contributed by atoms with Crippen LogP contribution in [0.5, 0.6) is 0 Å². The minimum Gasteiger partial charge on any atom is -0.351 e. The van der Waals surface area contributed by atoms with Gasteiger partial charge >= 0.3 is 0 Å². The molecule has 1 aromatic heterocycles. The summed E-state index contributed by atoms with van der Waals surface area (Å²) in [5, 5.41) is 4.62. The lowest BCUT2D eigenvalue weighted by Gasteiger charge is -2.28. The van der Waals surface area contributed by atoms with Crippen molar-refractivity contribution in [1.29, 1.82) is 0 Å². The Kier molecular flexibility index (Phi) is 6.11. The van der Waals surface area contributed by atoms with Crippen molar-refractivity contribution in [1.82, 2.24) is 10.3 Å². The number of likely N-dealkylation sites (N-methyl/N-ethyl adjacent to an activating group) is 1. The summed E-state index contributed by atoms with van der Waals surface area (Å²) in [6, 6.07) is 10.2. The van der Waals surface area contributed by atoms with Gasteiger partial charge in [0.2, 0.25) is 0 Å². The molecular formula is C17H24N2O2. The standard InChI is InChI=1S/C17H24N2O2/c1-4-18-16(17(20-5-2)21-6-3)14-9-7-11-15-13(14)10-8-12-19-15/h7-12,16-18H,4-6H2,1-3H3. The summed E-state index contributed by atoms with van der Waals surface area (Å²) < 4.78 is 11.6. The summed E-state index contributed by atoms with van der Waals surface area (Å²) in [7, 11) is 0. The molecule has 0 aliphatic heterocycles. The number of hydrogen-bond acceptors (Lipinski definition) is 4. The third-order valence-electron chi connectivity index (χ3n) is 3.37. The van der Waals surface area contributed by atoms with Crippen molar-refractivity contribution in [2.45, 2.75) is 33.1 Å². The van der Waals surface area contributed by atoms with Gasteiger partial charge in [-0.25, -0.2) is 0 Å². The summed E-state index contributed by atoms with van der Waals surface area (Å²) in [4.78, 5) is 4.43. The average molecular weight is 288 g/mol. The van der Waals surface area contributed by atoms with Gasteiger partial charge in [-0.1, -0.05) is 25.1 Å². The van der Waals surface area contributed by atoms with Gasteiger partial charge in [-0.05, 0) is 38.1 Å². The predicted octanol–water partition coefficient (Wildman–Crippen LogP) is 3.28. The van der Waals surface area contributed by atoms with Gasteiger partial charge in [0, 0.05) is 24.8 Å². The maximum atomic E-state index is 5.80. The van der Waals surface area contributed by atoms with Crippen LogP contribution < -0.4 is 5.32 Å². The third-order valence-corrected chi connectivity index (χ3v) is 3.37. The molecule has 0 radical (unpaired) electrons. The van der Waals surface area contributed by atoms with Gasteiger partial charge in [-0.2, -0.15) is 0 Å². The Morgan fingerprint density at radius 1 is 1.05 bits per heavy atom. The molecule has 21 heavy (non-hydrogen) atoms. The van der Waals surface area contributed by atoms with Crippen LogP contribution in [0.1, 0.15) is 32.4 Å². The normalized spacial score (nSPS) is 13.0. The number of hydrogen-bond donors (Lipinski definition) is 1. The number of rotatable bonds is 8. The molecular weight excluding hydrogens is 264 g/mol. The van der Waals surface area contributed by atoms with Crippen LogP contribution in [0, 0.1) is 0 Å². The number of nitrogens with one attached hydrogen (secondary N) is 1. The summed E-state index contributed by atoms with van der Waals surface area (Å²) in [6.07, 6.45) is 1.52. The summed E-state index contributed by atoms with van der Waals surface area (Å²) in [5.74, 6) is 0. The largest absolute Gasteiger partial charge is 0.351 e. The second kappa shape index (κ2) is 8.08. The van der Waals surface area contributed by atoms with Crippen molar-refractivity contribution in [3.63, 3.8) is 0 Å². The van der Waals surface area contributed by atoms with E-state index in [4.69, 9.17) is 9.47 Å². The van der Waals surface area contributed by atoms with Crippen molar-refractivity contribution in [3.05, 3.63) is 42.1 Å². The Hall–Kier alpha value is -1.49. The predicted molar refractivity (Wildman–Crippen MR) is 85.2 cm³/mol. The van der Waals surface area contributed by atoms with Crippen LogP contribution >= 0.6 is 0 Å². The average Bonchev–Trinajstić information content (AvgIpc) is 2.52. The second-order valence-corrected chi connectivity index (χ2v) is 4.73. The Morgan fingerprint density at radius 3 is 2.48 bits per heavy atom. The zero-order chi connectivity index (χ0) is 15.1. The summed E-state index contributed by atoms with van der Waals surface area (Å²) in [6.45, 7) is 8.15. The van der Waals surface area contributed by atoms with Crippen molar-refractivity contribution >= 4 is 10.9 Å². The number of benzene rings is 1. The Balaban J connectivity index is 2.43. The first-order valence-corrected chi connectivity index (χ1v) is 7.62. The highest BCUT2D eigenvalue weighted by molar-refractivity contribution is 5.82. The lowest BCUT2D eigenvalue weighted by atomic mass is 10.0. The third kappa shape index (κ3) is 3.79. The molecule has 0 aliphatic rings. The van der Waals surface area contributed by atoms with E-state index in [1.165, 1.54) is 0 Å². The fourth-order valence-electron chi connectivity index (χ4n) is 2.54. The molecule has 4 nitrogen and oxygen atoms in total. The van der Waals surface area contributed by atoms with Gasteiger partial charge in [-0.3, -0.25) is 4.98 Å². The van der Waals surface area contributed by atoms with Crippen molar-refractivity contribution in [2.75, 3.05) is 19.8 Å². The monoisotopic (exact) mass is 288 g/mol. The molecule has 2 rings (SSSR count). The topological polar surface area (TPSA) is 43.4 Å². The molecule has 1 aromatic carbocycles. The lowest BCUT2D eigenvalue weighted by molar-refractivity contribution is -0.154.